The Bertz CT molecular complexity index is 702. The second-order valence-corrected chi connectivity index (χ2v) is 5.29. The van der Waals surface area contributed by atoms with Crippen molar-refractivity contribution in [1.29, 1.82) is 0 Å². The number of hydrogen-bond acceptors (Lipinski definition) is 0. The molecule has 2 rings (SSSR count). The summed E-state index contributed by atoms with van der Waals surface area (Å²) in [5.74, 6) is 0. The fraction of sp³-hybridized carbons (Fsp3) is 0.250. The molecule has 25 heavy (non-hydrogen) atoms. The molecule has 0 aliphatic carbocycles. The van der Waals surface area contributed by atoms with E-state index in [1.807, 2.05) is 0 Å². The van der Waals surface area contributed by atoms with Crippen molar-refractivity contribution in [3.05, 3.63) is 70.3 Å². The zero-order chi connectivity index (χ0) is 19.0. The monoisotopic (exact) mass is 372 g/mol. The van der Waals surface area contributed by atoms with Gasteiger partial charge in [0, 0.05) is 0 Å². The van der Waals surface area contributed by atoms with Crippen LogP contribution in [0, 0.1) is 0 Å². The molecule has 9 heteroatoms. The number of benzene rings is 2. The molecule has 0 amide bonds. The van der Waals surface area contributed by atoms with Crippen molar-refractivity contribution in [2.24, 2.45) is 0 Å². The summed E-state index contributed by atoms with van der Waals surface area (Å²) >= 11 is 0. The summed E-state index contributed by atoms with van der Waals surface area (Å²) in [6, 6.07) is 4.55. The summed E-state index contributed by atoms with van der Waals surface area (Å²) in [7, 11) is 0. The van der Waals surface area contributed by atoms with Gasteiger partial charge in [0.05, 0.1) is 16.7 Å². The fourth-order valence-corrected chi connectivity index (χ4v) is 2.17. The summed E-state index contributed by atoms with van der Waals surface area (Å²) in [4.78, 5) is 0. The predicted molar refractivity (Wildman–Crippen MR) is 70.7 cm³/mol. The molecule has 0 saturated carbocycles. The van der Waals surface area contributed by atoms with Crippen LogP contribution in [-0.4, -0.2) is 0 Å². The van der Waals surface area contributed by atoms with Gasteiger partial charge in [0.1, 0.15) is 0 Å². The minimum atomic E-state index is -4.98. The van der Waals surface area contributed by atoms with Crippen LogP contribution in [0.1, 0.15) is 27.8 Å². The molecule has 0 aliphatic heterocycles. The second-order valence-electron chi connectivity index (χ2n) is 5.29. The average Bonchev–Trinajstić information content (AvgIpc) is 2.44. The smallest absolute Gasteiger partial charge is 0.166 e. The Labute approximate surface area is 135 Å². The molecule has 0 fully saturated rings. The maximum absolute atomic E-state index is 12.8. The third-order valence-electron chi connectivity index (χ3n) is 3.34. The molecule has 0 heterocycles. The van der Waals surface area contributed by atoms with Crippen LogP contribution in [0.15, 0.2) is 42.5 Å². The molecule has 0 aromatic heterocycles. The second kappa shape index (κ2) is 6.27. The Kier molecular flexibility index (Phi) is 4.80. The quantitative estimate of drug-likeness (QED) is 0.540. The Hall–Kier alpha value is -2.19. The highest BCUT2D eigenvalue weighted by Gasteiger charge is 2.37. The van der Waals surface area contributed by atoms with Crippen molar-refractivity contribution in [3.63, 3.8) is 0 Å². The predicted octanol–water partition coefficient (Wildman–Crippen LogP) is 6.33. The van der Waals surface area contributed by atoms with Crippen LogP contribution in [-0.2, 0) is 24.9 Å². The molecule has 0 saturated heterocycles. The third-order valence-corrected chi connectivity index (χ3v) is 3.34. The minimum absolute atomic E-state index is 0.00372. The molecular formula is C16H9F9. The van der Waals surface area contributed by atoms with E-state index in [1.54, 1.807) is 0 Å². The molecular weight excluding hydrogens is 363 g/mol. The SMILES string of the molecule is FC(F)(F)c1ccc(Cc2cc(C(F)(F)F)cc(C(F)(F)F)c2)cc1. The van der Waals surface area contributed by atoms with E-state index in [4.69, 9.17) is 0 Å². The molecule has 0 atom stereocenters. The summed E-state index contributed by atoms with van der Waals surface area (Å²) in [6.07, 6.45) is -14.9. The molecule has 0 unspecified atom stereocenters. The number of hydrogen-bond donors (Lipinski definition) is 0. The molecule has 2 aromatic carbocycles. The Morgan fingerprint density at radius 1 is 0.480 bits per heavy atom. The van der Waals surface area contributed by atoms with Gasteiger partial charge in [0.2, 0.25) is 0 Å². The van der Waals surface area contributed by atoms with Gasteiger partial charge >= 0.3 is 18.5 Å². The van der Waals surface area contributed by atoms with Gasteiger partial charge < -0.3 is 0 Å². The van der Waals surface area contributed by atoms with Crippen LogP contribution in [0.2, 0.25) is 0 Å². The van der Waals surface area contributed by atoms with E-state index in [0.29, 0.717) is 24.3 Å². The Morgan fingerprint density at radius 3 is 1.24 bits per heavy atom. The maximum atomic E-state index is 12.8. The van der Waals surface area contributed by atoms with E-state index in [-0.39, 0.29) is 23.6 Å². The van der Waals surface area contributed by atoms with E-state index in [1.165, 1.54) is 0 Å². The zero-order valence-corrected chi connectivity index (χ0v) is 12.2. The Morgan fingerprint density at radius 2 is 0.880 bits per heavy atom. The van der Waals surface area contributed by atoms with Crippen molar-refractivity contribution >= 4 is 0 Å². The van der Waals surface area contributed by atoms with Gasteiger partial charge in [-0.3, -0.25) is 0 Å². The van der Waals surface area contributed by atoms with Gasteiger partial charge in [-0.25, -0.2) is 0 Å². The number of halogens is 9. The van der Waals surface area contributed by atoms with Gasteiger partial charge in [-0.15, -0.1) is 0 Å². The molecule has 0 bridgehead atoms. The molecule has 0 radical (unpaired) electrons. The zero-order valence-electron chi connectivity index (χ0n) is 12.2. The first-order chi connectivity index (χ1) is 11.3. The van der Waals surface area contributed by atoms with Gasteiger partial charge in [0.15, 0.2) is 0 Å². The van der Waals surface area contributed by atoms with E-state index in [9.17, 15) is 39.5 Å². The van der Waals surface area contributed by atoms with E-state index in [0.717, 1.165) is 12.1 Å². The number of rotatable bonds is 2. The first-order valence-corrected chi connectivity index (χ1v) is 6.71. The summed E-state index contributed by atoms with van der Waals surface area (Å²) in [5, 5.41) is 0. The Balaban J connectivity index is 2.38. The molecule has 0 N–H and O–H groups in total. The van der Waals surface area contributed by atoms with Crippen LogP contribution in [0.25, 0.3) is 0 Å². The standard InChI is InChI=1S/C16H9F9/c17-14(18,19)11-3-1-9(2-4-11)5-10-6-12(15(20,21)22)8-13(7-10)16(23,24)25/h1-4,6-8H,5H2. The highest BCUT2D eigenvalue weighted by molar-refractivity contribution is 5.37. The maximum Gasteiger partial charge on any atom is 0.416 e. The van der Waals surface area contributed by atoms with E-state index in [2.05, 4.69) is 0 Å². The van der Waals surface area contributed by atoms with Crippen molar-refractivity contribution < 1.29 is 39.5 Å². The first-order valence-electron chi connectivity index (χ1n) is 6.71. The lowest BCUT2D eigenvalue weighted by Crippen LogP contribution is -2.12. The van der Waals surface area contributed by atoms with Crippen molar-refractivity contribution in [2.75, 3.05) is 0 Å². The van der Waals surface area contributed by atoms with Gasteiger partial charge in [-0.05, 0) is 47.9 Å². The lowest BCUT2D eigenvalue weighted by Gasteiger charge is -2.14. The van der Waals surface area contributed by atoms with Crippen LogP contribution in [0.5, 0.6) is 0 Å². The topological polar surface area (TPSA) is 0 Å². The summed E-state index contributed by atoms with van der Waals surface area (Å²) in [5.41, 5.74) is -4.05. The molecule has 0 aliphatic rings. The van der Waals surface area contributed by atoms with Crippen molar-refractivity contribution in [2.45, 2.75) is 24.9 Å². The molecule has 0 spiro atoms. The lowest BCUT2D eigenvalue weighted by molar-refractivity contribution is -0.143. The van der Waals surface area contributed by atoms with Crippen LogP contribution in [0.4, 0.5) is 39.5 Å². The normalized spacial score (nSPS) is 13.2. The largest absolute Gasteiger partial charge is 0.416 e. The molecule has 2 aromatic rings. The minimum Gasteiger partial charge on any atom is -0.166 e. The fourth-order valence-electron chi connectivity index (χ4n) is 2.17. The highest BCUT2D eigenvalue weighted by atomic mass is 19.4. The lowest BCUT2D eigenvalue weighted by atomic mass is 9.98. The van der Waals surface area contributed by atoms with Crippen LogP contribution < -0.4 is 0 Å². The number of alkyl halides is 9. The van der Waals surface area contributed by atoms with Gasteiger partial charge in [-0.2, -0.15) is 39.5 Å². The molecule has 0 nitrogen and oxygen atoms in total. The molecule has 136 valence electrons. The summed E-state index contributed by atoms with van der Waals surface area (Å²) < 4.78 is 114. The average molecular weight is 372 g/mol. The first kappa shape index (κ1) is 19.1. The van der Waals surface area contributed by atoms with Gasteiger partial charge in [-0.1, -0.05) is 12.1 Å². The van der Waals surface area contributed by atoms with E-state index < -0.39 is 35.2 Å². The summed E-state index contributed by atoms with van der Waals surface area (Å²) in [6.45, 7) is 0. The van der Waals surface area contributed by atoms with Gasteiger partial charge in [0.25, 0.3) is 0 Å². The van der Waals surface area contributed by atoms with Crippen LogP contribution >= 0.6 is 0 Å². The van der Waals surface area contributed by atoms with Crippen molar-refractivity contribution in [1.82, 2.24) is 0 Å². The van der Waals surface area contributed by atoms with E-state index >= 15 is 0 Å². The van der Waals surface area contributed by atoms with Crippen molar-refractivity contribution in [3.8, 4) is 0 Å². The highest BCUT2D eigenvalue weighted by Crippen LogP contribution is 2.37. The third kappa shape index (κ3) is 4.90. The van der Waals surface area contributed by atoms with Crippen LogP contribution in [0.3, 0.4) is 0 Å².